The normalized spacial score (nSPS) is 15.9. The summed E-state index contributed by atoms with van der Waals surface area (Å²) < 4.78 is 17.8. The second kappa shape index (κ2) is 11.7. The summed E-state index contributed by atoms with van der Waals surface area (Å²) in [6.45, 7) is 18.9. The summed E-state index contributed by atoms with van der Waals surface area (Å²) in [4.78, 5) is 11.7. The van der Waals surface area contributed by atoms with E-state index in [-0.39, 0.29) is 28.9 Å². The summed E-state index contributed by atoms with van der Waals surface area (Å²) >= 11 is 0. The first-order valence-electron chi connectivity index (χ1n) is 10.6. The summed E-state index contributed by atoms with van der Waals surface area (Å²) in [6, 6.07) is 10.2. The number of carbonyl (C=O) groups excluding carboxylic acids is 1. The Balaban J connectivity index is 2.85. The lowest BCUT2D eigenvalue weighted by atomic mass is 9.93. The number of hydrogen-bond acceptors (Lipinski definition) is 4. The first-order chi connectivity index (χ1) is 13.5. The molecule has 0 amide bonds. The molecule has 0 heterocycles. The van der Waals surface area contributed by atoms with Crippen molar-refractivity contribution in [3.63, 3.8) is 0 Å². The van der Waals surface area contributed by atoms with Crippen LogP contribution in [0.4, 0.5) is 0 Å². The van der Waals surface area contributed by atoms with Crippen LogP contribution < -0.4 is 0 Å². The molecule has 4 nitrogen and oxygen atoms in total. The highest BCUT2D eigenvalue weighted by atomic mass is 28.4. The van der Waals surface area contributed by atoms with Gasteiger partial charge in [-0.3, -0.25) is 0 Å². The third kappa shape index (κ3) is 8.85. The molecule has 0 radical (unpaired) electrons. The predicted molar refractivity (Wildman–Crippen MR) is 122 cm³/mol. The maximum absolute atomic E-state index is 11.7. The molecule has 0 aliphatic rings. The van der Waals surface area contributed by atoms with Gasteiger partial charge in [0.2, 0.25) is 0 Å². The molecule has 0 spiro atoms. The lowest BCUT2D eigenvalue weighted by molar-refractivity contribution is -0.137. The minimum absolute atomic E-state index is 0.0302. The molecule has 0 aromatic heterocycles. The Morgan fingerprint density at radius 1 is 1.14 bits per heavy atom. The minimum Gasteiger partial charge on any atom is -0.463 e. The van der Waals surface area contributed by atoms with Gasteiger partial charge in [-0.1, -0.05) is 71.0 Å². The van der Waals surface area contributed by atoms with E-state index in [2.05, 4.69) is 59.8 Å². The van der Waals surface area contributed by atoms with Gasteiger partial charge in [0, 0.05) is 12.0 Å². The van der Waals surface area contributed by atoms with Crippen LogP contribution in [0.25, 0.3) is 0 Å². The van der Waals surface area contributed by atoms with E-state index in [1.54, 1.807) is 0 Å². The third-order valence-electron chi connectivity index (χ3n) is 5.63. The van der Waals surface area contributed by atoms with Gasteiger partial charge in [-0.05, 0) is 36.5 Å². The minimum atomic E-state index is -1.97. The molecule has 0 bridgehead atoms. The van der Waals surface area contributed by atoms with Gasteiger partial charge in [0.1, 0.15) is 0 Å². The maximum atomic E-state index is 11.7. The van der Waals surface area contributed by atoms with Gasteiger partial charge in [-0.15, -0.1) is 0 Å². The summed E-state index contributed by atoms with van der Waals surface area (Å²) in [6.07, 6.45) is 3.40. The third-order valence-corrected chi connectivity index (χ3v) is 10.1. The van der Waals surface area contributed by atoms with E-state index in [1.807, 2.05) is 31.2 Å². The van der Waals surface area contributed by atoms with Crippen molar-refractivity contribution < 1.29 is 18.7 Å². The van der Waals surface area contributed by atoms with Gasteiger partial charge in [-0.25, -0.2) is 4.79 Å². The monoisotopic (exact) mass is 420 g/mol. The van der Waals surface area contributed by atoms with E-state index in [1.165, 1.54) is 6.08 Å². The van der Waals surface area contributed by atoms with Crippen molar-refractivity contribution in [3.8, 4) is 0 Å². The molecule has 5 heteroatoms. The molecular formula is C24H40O4Si. The average Bonchev–Trinajstić information content (AvgIpc) is 2.64. The van der Waals surface area contributed by atoms with E-state index in [0.717, 1.165) is 5.56 Å². The Morgan fingerprint density at radius 3 is 2.31 bits per heavy atom. The Morgan fingerprint density at radius 2 is 1.76 bits per heavy atom. The van der Waals surface area contributed by atoms with Crippen LogP contribution >= 0.6 is 0 Å². The van der Waals surface area contributed by atoms with E-state index in [9.17, 15) is 4.79 Å². The van der Waals surface area contributed by atoms with Gasteiger partial charge in [0.25, 0.3) is 0 Å². The van der Waals surface area contributed by atoms with E-state index >= 15 is 0 Å². The molecule has 29 heavy (non-hydrogen) atoms. The zero-order valence-electron chi connectivity index (χ0n) is 19.5. The van der Waals surface area contributed by atoms with Crippen molar-refractivity contribution in [2.75, 3.05) is 13.2 Å². The van der Waals surface area contributed by atoms with Crippen LogP contribution in [0.15, 0.2) is 42.5 Å². The maximum Gasteiger partial charge on any atom is 0.330 e. The summed E-state index contributed by atoms with van der Waals surface area (Å²) in [7, 11) is -1.97. The van der Waals surface area contributed by atoms with Gasteiger partial charge >= 0.3 is 5.97 Å². The molecule has 164 valence electrons. The topological polar surface area (TPSA) is 44.8 Å². The van der Waals surface area contributed by atoms with Crippen LogP contribution in [0, 0.1) is 11.8 Å². The molecule has 1 rings (SSSR count). The number of benzene rings is 1. The molecule has 0 saturated carbocycles. The number of ether oxygens (including phenoxy) is 2. The van der Waals surface area contributed by atoms with Gasteiger partial charge in [-0.2, -0.15) is 0 Å². The van der Waals surface area contributed by atoms with Gasteiger partial charge in [0.15, 0.2) is 8.32 Å². The quantitative estimate of drug-likeness (QED) is 0.251. The first-order valence-corrected chi connectivity index (χ1v) is 13.5. The second-order valence-corrected chi connectivity index (χ2v) is 14.0. The Labute approximate surface area is 178 Å². The molecule has 1 aromatic carbocycles. The van der Waals surface area contributed by atoms with E-state index in [4.69, 9.17) is 13.9 Å². The summed E-state index contributed by atoms with van der Waals surface area (Å²) in [5.74, 6) is -0.0445. The van der Waals surface area contributed by atoms with Crippen LogP contribution in [0.1, 0.15) is 47.1 Å². The fraction of sp³-hybridized carbons (Fsp3) is 0.625. The van der Waals surface area contributed by atoms with Crippen LogP contribution in [0.2, 0.25) is 18.1 Å². The Kier molecular flexibility index (Phi) is 10.3. The summed E-state index contributed by atoms with van der Waals surface area (Å²) in [5, 5.41) is 0.112. The summed E-state index contributed by atoms with van der Waals surface area (Å²) in [5.41, 5.74) is 1.16. The molecular weight excluding hydrogens is 380 g/mol. The van der Waals surface area contributed by atoms with Crippen LogP contribution in [0.5, 0.6) is 0 Å². The average molecular weight is 421 g/mol. The lowest BCUT2D eigenvalue weighted by Gasteiger charge is -2.42. The largest absolute Gasteiger partial charge is 0.463 e. The van der Waals surface area contributed by atoms with Crippen LogP contribution in [0.3, 0.4) is 0 Å². The molecule has 0 aliphatic heterocycles. The van der Waals surface area contributed by atoms with Crippen molar-refractivity contribution in [2.24, 2.45) is 11.8 Å². The first kappa shape index (κ1) is 25.6. The molecule has 0 N–H and O–H groups in total. The highest BCUT2D eigenvalue weighted by molar-refractivity contribution is 6.74. The van der Waals surface area contributed by atoms with Gasteiger partial charge in [0.05, 0.1) is 25.9 Å². The standard InChI is InChI=1S/C24H40O4Si/c1-9-27-22(25)16-15-19(2)23(28-29(7,8)24(4,5)6)20(3)17-26-18-21-13-11-10-12-14-21/h10-16,19-20,23H,9,17-18H2,1-8H3/b16-15+/t19-,20-,23+/m1/s1. The highest BCUT2D eigenvalue weighted by Crippen LogP contribution is 2.39. The highest BCUT2D eigenvalue weighted by Gasteiger charge is 2.41. The Hall–Kier alpha value is -1.43. The van der Waals surface area contributed by atoms with Crippen molar-refractivity contribution in [2.45, 2.75) is 72.4 Å². The van der Waals surface area contributed by atoms with Gasteiger partial charge < -0.3 is 13.9 Å². The number of rotatable bonds is 11. The smallest absolute Gasteiger partial charge is 0.330 e. The fourth-order valence-corrected chi connectivity index (χ4v) is 4.30. The number of hydrogen-bond donors (Lipinski definition) is 0. The van der Waals surface area contributed by atoms with Crippen molar-refractivity contribution in [3.05, 3.63) is 48.0 Å². The molecule has 0 fully saturated rings. The van der Waals surface area contributed by atoms with E-state index in [0.29, 0.717) is 19.8 Å². The zero-order chi connectivity index (χ0) is 22.1. The van der Waals surface area contributed by atoms with Crippen LogP contribution in [-0.2, 0) is 25.3 Å². The SMILES string of the molecule is CCOC(=O)/C=C/[C@@H](C)[C@H](O[Si](C)(C)C(C)(C)C)[C@H](C)COCc1ccccc1. The predicted octanol–water partition coefficient (Wildman–Crippen LogP) is 5.99. The van der Waals surface area contributed by atoms with Crippen molar-refractivity contribution in [1.82, 2.24) is 0 Å². The van der Waals surface area contributed by atoms with E-state index < -0.39 is 8.32 Å². The molecule has 0 aliphatic carbocycles. The molecule has 0 unspecified atom stereocenters. The van der Waals surface area contributed by atoms with Crippen molar-refractivity contribution in [1.29, 1.82) is 0 Å². The van der Waals surface area contributed by atoms with Crippen LogP contribution in [-0.4, -0.2) is 33.6 Å². The second-order valence-electron chi connectivity index (χ2n) is 9.29. The fourth-order valence-electron chi connectivity index (χ4n) is 2.82. The molecule has 1 aromatic rings. The zero-order valence-corrected chi connectivity index (χ0v) is 20.5. The number of carbonyl (C=O) groups is 1. The Bertz CT molecular complexity index is 634. The molecule has 0 saturated heterocycles. The lowest BCUT2D eigenvalue weighted by Crippen LogP contribution is -2.47. The number of esters is 1. The van der Waals surface area contributed by atoms with Crippen molar-refractivity contribution >= 4 is 14.3 Å². The molecule has 3 atom stereocenters.